The summed E-state index contributed by atoms with van der Waals surface area (Å²) in [5.74, 6) is 1.06. The van der Waals surface area contributed by atoms with Gasteiger partial charge in [0.1, 0.15) is 0 Å². The SMILES string of the molecule is Cc1ccccc1NC1=NC(Cc2ccccc2)CS1. The van der Waals surface area contributed by atoms with E-state index in [9.17, 15) is 0 Å². The normalized spacial score (nSPS) is 17.9. The second-order valence-corrected chi connectivity index (χ2v) is 6.04. The molecule has 0 amide bonds. The summed E-state index contributed by atoms with van der Waals surface area (Å²) < 4.78 is 0. The van der Waals surface area contributed by atoms with Crippen LogP contribution in [0.2, 0.25) is 0 Å². The number of hydrogen-bond donors (Lipinski definition) is 1. The number of amidine groups is 1. The van der Waals surface area contributed by atoms with Gasteiger partial charge in [-0.2, -0.15) is 0 Å². The van der Waals surface area contributed by atoms with E-state index in [1.165, 1.54) is 11.1 Å². The third-order valence-electron chi connectivity index (χ3n) is 3.41. The van der Waals surface area contributed by atoms with Gasteiger partial charge in [-0.3, -0.25) is 4.99 Å². The molecule has 1 N–H and O–H groups in total. The molecule has 0 aromatic heterocycles. The van der Waals surface area contributed by atoms with Gasteiger partial charge in [-0.05, 0) is 30.5 Å². The average Bonchev–Trinajstić information content (AvgIpc) is 2.90. The Morgan fingerprint density at radius 2 is 1.85 bits per heavy atom. The Balaban J connectivity index is 1.65. The zero-order valence-corrected chi connectivity index (χ0v) is 12.4. The molecular formula is C17H18N2S. The van der Waals surface area contributed by atoms with E-state index >= 15 is 0 Å². The van der Waals surface area contributed by atoms with Gasteiger partial charge in [-0.1, -0.05) is 60.3 Å². The Labute approximate surface area is 124 Å². The zero-order valence-electron chi connectivity index (χ0n) is 11.5. The monoisotopic (exact) mass is 282 g/mol. The van der Waals surface area contributed by atoms with Crippen molar-refractivity contribution in [1.82, 2.24) is 0 Å². The Hall–Kier alpha value is -1.74. The van der Waals surface area contributed by atoms with Gasteiger partial charge >= 0.3 is 0 Å². The third kappa shape index (κ3) is 3.23. The van der Waals surface area contributed by atoms with Crippen LogP contribution in [-0.4, -0.2) is 17.0 Å². The predicted octanol–water partition coefficient (Wildman–Crippen LogP) is 4.12. The first-order valence-corrected chi connectivity index (χ1v) is 7.87. The highest BCUT2D eigenvalue weighted by atomic mass is 32.2. The first-order valence-electron chi connectivity index (χ1n) is 6.88. The molecule has 0 fully saturated rings. The molecule has 1 atom stereocenters. The van der Waals surface area contributed by atoms with Crippen molar-refractivity contribution < 1.29 is 0 Å². The number of hydrogen-bond acceptors (Lipinski definition) is 3. The molecule has 0 spiro atoms. The van der Waals surface area contributed by atoms with Crippen molar-refractivity contribution >= 4 is 22.6 Å². The van der Waals surface area contributed by atoms with Crippen LogP contribution in [-0.2, 0) is 6.42 Å². The molecule has 2 nitrogen and oxygen atoms in total. The minimum atomic E-state index is 0.383. The van der Waals surface area contributed by atoms with E-state index < -0.39 is 0 Å². The summed E-state index contributed by atoms with van der Waals surface area (Å²) in [5, 5.41) is 4.48. The van der Waals surface area contributed by atoms with Crippen LogP contribution in [0.25, 0.3) is 0 Å². The second kappa shape index (κ2) is 6.14. The molecule has 102 valence electrons. The summed E-state index contributed by atoms with van der Waals surface area (Å²) in [6, 6.07) is 19.3. The highest BCUT2D eigenvalue weighted by Gasteiger charge is 2.18. The van der Waals surface area contributed by atoms with E-state index in [0.29, 0.717) is 6.04 Å². The van der Waals surface area contributed by atoms with Gasteiger partial charge in [0.2, 0.25) is 0 Å². The van der Waals surface area contributed by atoms with E-state index in [1.807, 2.05) is 11.8 Å². The topological polar surface area (TPSA) is 24.4 Å². The Bertz CT molecular complexity index is 607. The van der Waals surface area contributed by atoms with Gasteiger partial charge in [0.15, 0.2) is 5.17 Å². The van der Waals surface area contributed by atoms with Crippen molar-refractivity contribution in [3.63, 3.8) is 0 Å². The van der Waals surface area contributed by atoms with Crippen molar-refractivity contribution in [3.8, 4) is 0 Å². The van der Waals surface area contributed by atoms with Crippen LogP contribution < -0.4 is 5.32 Å². The Morgan fingerprint density at radius 1 is 1.10 bits per heavy atom. The summed E-state index contributed by atoms with van der Waals surface area (Å²) in [6.45, 7) is 2.12. The Kier molecular flexibility index (Phi) is 4.07. The number of aryl methyl sites for hydroxylation is 1. The number of anilines is 1. The molecule has 0 aliphatic carbocycles. The van der Waals surface area contributed by atoms with Crippen molar-refractivity contribution in [3.05, 3.63) is 65.7 Å². The molecule has 1 unspecified atom stereocenters. The molecule has 20 heavy (non-hydrogen) atoms. The zero-order chi connectivity index (χ0) is 13.8. The minimum absolute atomic E-state index is 0.383. The van der Waals surface area contributed by atoms with Crippen LogP contribution in [0.15, 0.2) is 59.6 Å². The van der Waals surface area contributed by atoms with E-state index in [0.717, 1.165) is 23.0 Å². The van der Waals surface area contributed by atoms with E-state index in [4.69, 9.17) is 4.99 Å². The lowest BCUT2D eigenvalue weighted by molar-refractivity contribution is 0.762. The van der Waals surface area contributed by atoms with Gasteiger partial charge < -0.3 is 5.32 Å². The van der Waals surface area contributed by atoms with Crippen LogP contribution in [0, 0.1) is 6.92 Å². The number of benzene rings is 2. The largest absolute Gasteiger partial charge is 0.335 e. The number of thioether (sulfide) groups is 1. The lowest BCUT2D eigenvalue weighted by atomic mass is 10.1. The lowest BCUT2D eigenvalue weighted by Crippen LogP contribution is -2.08. The van der Waals surface area contributed by atoms with Crippen molar-refractivity contribution in [2.45, 2.75) is 19.4 Å². The quantitative estimate of drug-likeness (QED) is 0.915. The summed E-state index contributed by atoms with van der Waals surface area (Å²) in [6.07, 6.45) is 1.02. The molecule has 2 aromatic rings. The highest BCUT2D eigenvalue weighted by molar-refractivity contribution is 8.14. The fourth-order valence-electron chi connectivity index (χ4n) is 2.30. The minimum Gasteiger partial charge on any atom is -0.335 e. The van der Waals surface area contributed by atoms with Gasteiger partial charge in [-0.25, -0.2) is 0 Å². The summed E-state index contributed by atoms with van der Waals surface area (Å²) in [7, 11) is 0. The van der Waals surface area contributed by atoms with Crippen LogP contribution in [0.4, 0.5) is 5.69 Å². The number of nitrogens with one attached hydrogen (secondary N) is 1. The summed E-state index contributed by atoms with van der Waals surface area (Å²) in [4.78, 5) is 4.79. The fourth-order valence-corrected chi connectivity index (χ4v) is 3.25. The van der Waals surface area contributed by atoms with Crippen molar-refractivity contribution in [2.24, 2.45) is 4.99 Å². The number of nitrogens with zero attached hydrogens (tertiary/aromatic N) is 1. The molecule has 2 aromatic carbocycles. The second-order valence-electron chi connectivity index (χ2n) is 5.03. The fraction of sp³-hybridized carbons (Fsp3) is 0.235. The summed E-state index contributed by atoms with van der Waals surface area (Å²) >= 11 is 1.81. The van der Waals surface area contributed by atoms with E-state index in [1.54, 1.807) is 0 Å². The average molecular weight is 282 g/mol. The molecule has 1 heterocycles. The molecular weight excluding hydrogens is 264 g/mol. The predicted molar refractivity (Wildman–Crippen MR) is 88.6 cm³/mol. The van der Waals surface area contributed by atoms with Crippen LogP contribution in [0.5, 0.6) is 0 Å². The summed E-state index contributed by atoms with van der Waals surface area (Å²) in [5.41, 5.74) is 3.76. The molecule has 3 heteroatoms. The van der Waals surface area contributed by atoms with Gasteiger partial charge in [0.05, 0.1) is 6.04 Å². The third-order valence-corrected chi connectivity index (χ3v) is 4.45. The van der Waals surface area contributed by atoms with Crippen LogP contribution >= 0.6 is 11.8 Å². The number of aliphatic imine (C=N–C) groups is 1. The first-order chi connectivity index (χ1) is 9.81. The molecule has 1 aliphatic heterocycles. The first kappa shape index (κ1) is 13.3. The maximum absolute atomic E-state index is 4.79. The number of rotatable bonds is 3. The van der Waals surface area contributed by atoms with Gasteiger partial charge in [0.25, 0.3) is 0 Å². The molecule has 0 saturated carbocycles. The smallest absolute Gasteiger partial charge is 0.161 e. The number of para-hydroxylation sites is 1. The van der Waals surface area contributed by atoms with Crippen LogP contribution in [0.1, 0.15) is 11.1 Å². The van der Waals surface area contributed by atoms with Gasteiger partial charge in [-0.15, -0.1) is 0 Å². The van der Waals surface area contributed by atoms with Crippen molar-refractivity contribution in [2.75, 3.05) is 11.1 Å². The maximum Gasteiger partial charge on any atom is 0.161 e. The molecule has 0 radical (unpaired) electrons. The van der Waals surface area contributed by atoms with Crippen LogP contribution in [0.3, 0.4) is 0 Å². The Morgan fingerprint density at radius 3 is 2.65 bits per heavy atom. The molecule has 0 saturated heterocycles. The molecule has 0 bridgehead atoms. The van der Waals surface area contributed by atoms with E-state index in [2.05, 4.69) is 66.8 Å². The molecule has 3 rings (SSSR count). The highest BCUT2D eigenvalue weighted by Crippen LogP contribution is 2.23. The van der Waals surface area contributed by atoms with Gasteiger partial charge in [0, 0.05) is 11.4 Å². The molecule has 1 aliphatic rings. The standard InChI is InChI=1S/C17H18N2S/c1-13-7-5-6-10-16(13)19-17-18-15(12-20-17)11-14-8-3-2-4-9-14/h2-10,15H,11-12H2,1H3,(H,18,19). The maximum atomic E-state index is 4.79. The van der Waals surface area contributed by atoms with Crippen molar-refractivity contribution in [1.29, 1.82) is 0 Å². The van der Waals surface area contributed by atoms with E-state index in [-0.39, 0.29) is 0 Å². The lowest BCUT2D eigenvalue weighted by Gasteiger charge is -2.07.